The molecule has 24 heavy (non-hydrogen) atoms. The summed E-state index contributed by atoms with van der Waals surface area (Å²) in [6.07, 6.45) is 2.20. The van der Waals surface area contributed by atoms with Crippen molar-refractivity contribution in [1.82, 2.24) is 14.5 Å². The fourth-order valence-electron chi connectivity index (χ4n) is 3.16. The van der Waals surface area contributed by atoms with Crippen molar-refractivity contribution in [3.05, 3.63) is 0 Å². The van der Waals surface area contributed by atoms with Crippen LogP contribution in [0.3, 0.4) is 0 Å². The normalized spacial score (nSPS) is 27.0. The topological polar surface area (TPSA) is 65.0 Å². The Bertz CT molecular complexity index is 536. The van der Waals surface area contributed by atoms with Gasteiger partial charge in [-0.3, -0.25) is 4.99 Å². The molecule has 0 spiro atoms. The summed E-state index contributed by atoms with van der Waals surface area (Å²) in [5.74, 6) is 3.12. The summed E-state index contributed by atoms with van der Waals surface area (Å²) in [6, 6.07) is 0. The van der Waals surface area contributed by atoms with Crippen molar-refractivity contribution >= 4 is 27.7 Å². The number of hydrogen-bond acceptors (Lipinski definition) is 4. The highest BCUT2D eigenvalue weighted by Crippen LogP contribution is 2.25. The molecule has 2 heterocycles. The van der Waals surface area contributed by atoms with E-state index in [1.165, 1.54) is 6.26 Å². The number of hydrogen-bond donors (Lipinski definition) is 1. The van der Waals surface area contributed by atoms with Gasteiger partial charge in [0.1, 0.15) is 0 Å². The van der Waals surface area contributed by atoms with E-state index in [9.17, 15) is 8.42 Å². The Kier molecular flexibility index (Phi) is 7.24. The van der Waals surface area contributed by atoms with E-state index in [1.807, 2.05) is 0 Å². The molecule has 2 saturated heterocycles. The molecule has 2 rings (SSSR count). The zero-order valence-corrected chi connectivity index (χ0v) is 17.0. The van der Waals surface area contributed by atoms with Crippen LogP contribution in [0.15, 0.2) is 4.99 Å². The van der Waals surface area contributed by atoms with E-state index in [-0.39, 0.29) is 0 Å². The molecule has 1 N–H and O–H groups in total. The molecule has 2 aliphatic heterocycles. The fourth-order valence-corrected chi connectivity index (χ4v) is 5.38. The molecular weight excluding hydrogens is 344 g/mol. The van der Waals surface area contributed by atoms with Crippen LogP contribution < -0.4 is 5.32 Å². The molecule has 2 fully saturated rings. The van der Waals surface area contributed by atoms with Gasteiger partial charge >= 0.3 is 0 Å². The number of guanidine groups is 1. The molecule has 0 aromatic carbocycles. The Balaban J connectivity index is 1.96. The van der Waals surface area contributed by atoms with Crippen molar-refractivity contribution < 1.29 is 8.42 Å². The zero-order chi connectivity index (χ0) is 17.7. The van der Waals surface area contributed by atoms with Gasteiger partial charge in [0.25, 0.3) is 0 Å². The van der Waals surface area contributed by atoms with E-state index in [2.05, 4.69) is 42.7 Å². The highest BCUT2D eigenvalue weighted by molar-refractivity contribution is 8.00. The van der Waals surface area contributed by atoms with Crippen LogP contribution >= 0.6 is 11.8 Å². The number of rotatable bonds is 5. The summed E-state index contributed by atoms with van der Waals surface area (Å²) in [5.41, 5.74) is 0. The molecule has 0 bridgehead atoms. The average Bonchev–Trinajstić information content (AvgIpc) is 3.00. The van der Waals surface area contributed by atoms with Crippen molar-refractivity contribution in [3.8, 4) is 0 Å². The van der Waals surface area contributed by atoms with Gasteiger partial charge in [-0.15, -0.1) is 0 Å². The summed E-state index contributed by atoms with van der Waals surface area (Å²) in [6.45, 7) is 11.5. The van der Waals surface area contributed by atoms with Crippen molar-refractivity contribution in [2.45, 2.75) is 32.4 Å². The Hall–Kier alpha value is -0.470. The van der Waals surface area contributed by atoms with Gasteiger partial charge in [0, 0.05) is 50.3 Å². The van der Waals surface area contributed by atoms with Crippen LogP contribution in [0.2, 0.25) is 0 Å². The van der Waals surface area contributed by atoms with Crippen molar-refractivity contribution in [3.63, 3.8) is 0 Å². The predicted molar refractivity (Wildman–Crippen MR) is 103 cm³/mol. The maximum atomic E-state index is 11.6. The zero-order valence-electron chi connectivity index (χ0n) is 15.4. The summed E-state index contributed by atoms with van der Waals surface area (Å²) in [5, 5.41) is 4.06. The molecule has 0 aliphatic carbocycles. The highest BCUT2D eigenvalue weighted by atomic mass is 32.2. The smallest absolute Gasteiger partial charge is 0.211 e. The monoisotopic (exact) mass is 376 g/mol. The summed E-state index contributed by atoms with van der Waals surface area (Å²) >= 11 is 2.06. The van der Waals surface area contributed by atoms with Crippen molar-refractivity contribution in [2.24, 2.45) is 16.8 Å². The van der Waals surface area contributed by atoms with E-state index in [1.54, 1.807) is 4.31 Å². The number of thioether (sulfide) groups is 1. The van der Waals surface area contributed by atoms with Crippen LogP contribution in [-0.2, 0) is 10.0 Å². The quantitative estimate of drug-likeness (QED) is 0.579. The third kappa shape index (κ3) is 5.52. The van der Waals surface area contributed by atoms with Gasteiger partial charge in [0.2, 0.25) is 10.0 Å². The Labute approximate surface area is 151 Å². The summed E-state index contributed by atoms with van der Waals surface area (Å²) < 4.78 is 24.8. The first-order valence-electron chi connectivity index (χ1n) is 8.91. The second-order valence-electron chi connectivity index (χ2n) is 7.07. The molecule has 6 nitrogen and oxygen atoms in total. The first-order valence-corrected chi connectivity index (χ1v) is 11.8. The van der Waals surface area contributed by atoms with E-state index < -0.39 is 10.0 Å². The lowest BCUT2D eigenvalue weighted by molar-refractivity contribution is 0.379. The molecule has 140 valence electrons. The van der Waals surface area contributed by atoms with E-state index in [4.69, 9.17) is 4.99 Å². The molecule has 2 aliphatic rings. The van der Waals surface area contributed by atoms with Crippen LogP contribution in [0.25, 0.3) is 0 Å². The first-order chi connectivity index (χ1) is 11.3. The molecule has 0 aromatic heterocycles. The molecule has 0 radical (unpaired) electrons. The van der Waals surface area contributed by atoms with E-state index in [0.717, 1.165) is 37.8 Å². The van der Waals surface area contributed by atoms with Gasteiger partial charge < -0.3 is 10.2 Å². The van der Waals surface area contributed by atoms with E-state index >= 15 is 0 Å². The Morgan fingerprint density at radius 1 is 1.33 bits per heavy atom. The standard InChI is InChI=1S/C16H32N4O2S2/c1-5-17-16(19-8-9-23-15(12-19)13(2)3)18-10-14-6-7-20(11-14)24(4,21)22/h13-15H,5-12H2,1-4H3,(H,17,18). The Morgan fingerprint density at radius 3 is 2.67 bits per heavy atom. The van der Waals surface area contributed by atoms with Gasteiger partial charge in [-0.05, 0) is 25.2 Å². The number of nitrogens with zero attached hydrogens (tertiary/aromatic N) is 3. The van der Waals surface area contributed by atoms with E-state index in [0.29, 0.717) is 36.7 Å². The lowest BCUT2D eigenvalue weighted by atomic mass is 10.1. The summed E-state index contributed by atoms with van der Waals surface area (Å²) in [7, 11) is -3.07. The van der Waals surface area contributed by atoms with Crippen LogP contribution in [-0.4, -0.2) is 80.1 Å². The van der Waals surface area contributed by atoms with Crippen LogP contribution in [0, 0.1) is 11.8 Å². The fraction of sp³-hybridized carbons (Fsp3) is 0.938. The molecule has 2 unspecified atom stereocenters. The summed E-state index contributed by atoms with van der Waals surface area (Å²) in [4.78, 5) is 7.20. The number of aliphatic imine (C=N–C) groups is 1. The van der Waals surface area contributed by atoms with Crippen LogP contribution in [0.5, 0.6) is 0 Å². The molecular formula is C16H32N4O2S2. The first kappa shape index (κ1) is 19.8. The third-order valence-electron chi connectivity index (χ3n) is 4.69. The van der Waals surface area contributed by atoms with Crippen molar-refractivity contribution in [2.75, 3.05) is 51.3 Å². The molecule has 0 amide bonds. The van der Waals surface area contributed by atoms with Crippen molar-refractivity contribution in [1.29, 1.82) is 0 Å². The maximum absolute atomic E-state index is 11.6. The minimum absolute atomic E-state index is 0.327. The third-order valence-corrected chi connectivity index (χ3v) is 7.50. The second kappa shape index (κ2) is 8.76. The minimum Gasteiger partial charge on any atom is -0.357 e. The Morgan fingerprint density at radius 2 is 2.08 bits per heavy atom. The van der Waals surface area contributed by atoms with Gasteiger partial charge in [-0.2, -0.15) is 11.8 Å². The molecule has 0 aromatic rings. The lowest BCUT2D eigenvalue weighted by Crippen LogP contribution is -2.49. The van der Waals surface area contributed by atoms with Gasteiger partial charge in [-0.25, -0.2) is 12.7 Å². The lowest BCUT2D eigenvalue weighted by Gasteiger charge is -2.36. The number of sulfonamides is 1. The minimum atomic E-state index is -3.07. The predicted octanol–water partition coefficient (Wildman–Crippen LogP) is 1.31. The SMILES string of the molecule is CCNC(=NCC1CCN(S(C)(=O)=O)C1)N1CCSC(C(C)C)C1. The van der Waals surface area contributed by atoms with Gasteiger partial charge in [-0.1, -0.05) is 13.8 Å². The molecule has 8 heteroatoms. The molecule has 0 saturated carbocycles. The van der Waals surface area contributed by atoms with Gasteiger partial charge in [0.05, 0.1) is 6.26 Å². The molecule has 2 atom stereocenters. The largest absolute Gasteiger partial charge is 0.357 e. The highest BCUT2D eigenvalue weighted by Gasteiger charge is 2.29. The average molecular weight is 377 g/mol. The maximum Gasteiger partial charge on any atom is 0.211 e. The number of nitrogens with one attached hydrogen (secondary N) is 1. The second-order valence-corrected chi connectivity index (χ2v) is 10.4. The van der Waals surface area contributed by atoms with Crippen LogP contribution in [0.4, 0.5) is 0 Å². The van der Waals surface area contributed by atoms with Crippen LogP contribution in [0.1, 0.15) is 27.2 Å². The van der Waals surface area contributed by atoms with Gasteiger partial charge in [0.15, 0.2) is 5.96 Å².